The average Bonchev–Trinajstić information content (AvgIpc) is 3.36. The third-order valence-corrected chi connectivity index (χ3v) is 10.4. The van der Waals surface area contributed by atoms with Crippen molar-refractivity contribution in [2.45, 2.75) is 50.6 Å². The Kier molecular flexibility index (Phi) is 8.86. The maximum atomic E-state index is 13.7. The van der Waals surface area contributed by atoms with Gasteiger partial charge in [0, 0.05) is 27.5 Å². The molecular formula is C27H30Cl2N2O4S2. The Morgan fingerprint density at radius 2 is 1.92 bits per heavy atom. The number of benzene rings is 2. The molecular weight excluding hydrogens is 551 g/mol. The van der Waals surface area contributed by atoms with Gasteiger partial charge in [0.15, 0.2) is 0 Å². The second-order valence-electron chi connectivity index (χ2n) is 9.14. The molecule has 1 amide bonds. The van der Waals surface area contributed by atoms with Gasteiger partial charge in [-0.25, -0.2) is 8.42 Å². The van der Waals surface area contributed by atoms with E-state index in [1.165, 1.54) is 21.3 Å². The fourth-order valence-corrected chi connectivity index (χ4v) is 7.23. The van der Waals surface area contributed by atoms with Crippen molar-refractivity contribution < 1.29 is 17.9 Å². The SMILES string of the molecule is CC[C@H](C)N(CC(=O)N1CCc2sccc2[C@H]1COc1ccc(Cl)c(C)c1)S(=O)(=O)c1ccc(Cl)cc1. The third kappa shape index (κ3) is 6.15. The molecule has 0 unspecified atom stereocenters. The van der Waals surface area contributed by atoms with E-state index >= 15 is 0 Å². The van der Waals surface area contributed by atoms with Crippen LogP contribution in [0.4, 0.5) is 0 Å². The zero-order valence-corrected chi connectivity index (χ0v) is 24.1. The van der Waals surface area contributed by atoms with Crippen molar-refractivity contribution in [1.82, 2.24) is 9.21 Å². The number of aryl methyl sites for hydroxylation is 1. The van der Waals surface area contributed by atoms with Gasteiger partial charge < -0.3 is 9.64 Å². The fourth-order valence-electron chi connectivity index (χ4n) is 4.40. The first-order valence-electron chi connectivity index (χ1n) is 12.1. The number of amides is 1. The van der Waals surface area contributed by atoms with E-state index in [1.807, 2.05) is 44.4 Å². The number of nitrogens with zero attached hydrogens (tertiary/aromatic N) is 2. The molecule has 1 aliphatic heterocycles. The first kappa shape index (κ1) is 27.9. The van der Waals surface area contributed by atoms with Gasteiger partial charge in [0.05, 0.1) is 17.5 Å². The van der Waals surface area contributed by atoms with Gasteiger partial charge in [0.1, 0.15) is 12.4 Å². The average molecular weight is 582 g/mol. The molecule has 0 saturated carbocycles. The quantitative estimate of drug-likeness (QED) is 0.295. The van der Waals surface area contributed by atoms with Crippen LogP contribution in [0.5, 0.6) is 5.75 Å². The Labute approximate surface area is 232 Å². The summed E-state index contributed by atoms with van der Waals surface area (Å²) in [5.74, 6) is 0.416. The zero-order chi connectivity index (χ0) is 26.7. The summed E-state index contributed by atoms with van der Waals surface area (Å²) in [5, 5.41) is 3.13. The number of carbonyl (C=O) groups excluding carboxylic acids is 1. The van der Waals surface area contributed by atoms with Gasteiger partial charge in [-0.1, -0.05) is 30.1 Å². The van der Waals surface area contributed by atoms with Crippen LogP contribution in [0, 0.1) is 6.92 Å². The number of fused-ring (bicyclic) bond motifs is 1. The lowest BCUT2D eigenvalue weighted by atomic mass is 10.0. The van der Waals surface area contributed by atoms with Gasteiger partial charge in [-0.05, 0) is 91.7 Å². The minimum absolute atomic E-state index is 0.113. The predicted octanol–water partition coefficient (Wildman–Crippen LogP) is 6.36. The summed E-state index contributed by atoms with van der Waals surface area (Å²) in [7, 11) is -3.91. The Balaban J connectivity index is 1.59. The van der Waals surface area contributed by atoms with Crippen molar-refractivity contribution in [3.8, 4) is 5.75 Å². The number of ether oxygens (including phenoxy) is 1. The van der Waals surface area contributed by atoms with E-state index in [0.29, 0.717) is 28.8 Å². The number of sulfonamides is 1. The van der Waals surface area contributed by atoms with Gasteiger partial charge in [-0.15, -0.1) is 11.3 Å². The minimum atomic E-state index is -3.91. The Hall–Kier alpha value is -2.10. The lowest BCUT2D eigenvalue weighted by Gasteiger charge is -2.37. The highest BCUT2D eigenvalue weighted by atomic mass is 35.5. The van der Waals surface area contributed by atoms with Crippen LogP contribution in [0.25, 0.3) is 0 Å². The summed E-state index contributed by atoms with van der Waals surface area (Å²) < 4.78 is 34.5. The molecule has 3 aromatic rings. The standard InChI is InChI=1S/C27H30Cl2N2O4S2/c1-4-19(3)31(37(33,34)22-8-5-20(28)6-9-22)16-27(32)30-13-11-26-23(12-14-36-26)25(30)17-35-21-7-10-24(29)18(2)15-21/h5-10,12,14-15,19,25H,4,11,13,16-17H2,1-3H3/t19-,25+/m0/s1. The van der Waals surface area contributed by atoms with E-state index in [4.69, 9.17) is 27.9 Å². The molecule has 1 aromatic heterocycles. The normalized spacial score (nSPS) is 16.5. The van der Waals surface area contributed by atoms with Crippen LogP contribution in [0.15, 0.2) is 58.8 Å². The highest BCUT2D eigenvalue weighted by Crippen LogP contribution is 2.35. The molecule has 1 aliphatic rings. The maximum Gasteiger partial charge on any atom is 0.243 e. The van der Waals surface area contributed by atoms with Crippen LogP contribution in [-0.4, -0.2) is 49.3 Å². The number of carbonyl (C=O) groups is 1. The van der Waals surface area contributed by atoms with Gasteiger partial charge in [0.25, 0.3) is 0 Å². The predicted molar refractivity (Wildman–Crippen MR) is 149 cm³/mol. The van der Waals surface area contributed by atoms with Crippen molar-refractivity contribution in [3.05, 3.63) is 80.0 Å². The number of rotatable bonds is 9. The molecule has 2 atom stereocenters. The lowest BCUT2D eigenvalue weighted by molar-refractivity contribution is -0.135. The van der Waals surface area contributed by atoms with Gasteiger partial charge in [0.2, 0.25) is 15.9 Å². The summed E-state index contributed by atoms with van der Waals surface area (Å²) in [6, 6.07) is 12.8. The van der Waals surface area contributed by atoms with Crippen molar-refractivity contribution in [1.29, 1.82) is 0 Å². The molecule has 37 heavy (non-hydrogen) atoms. The smallest absolute Gasteiger partial charge is 0.243 e. The van der Waals surface area contributed by atoms with E-state index in [-0.39, 0.29) is 36.0 Å². The topological polar surface area (TPSA) is 66.9 Å². The maximum absolute atomic E-state index is 13.7. The number of thiophene rings is 1. The summed E-state index contributed by atoms with van der Waals surface area (Å²) in [6.07, 6.45) is 1.29. The molecule has 4 rings (SSSR count). The fraction of sp³-hybridized carbons (Fsp3) is 0.370. The zero-order valence-electron chi connectivity index (χ0n) is 21.0. The molecule has 198 valence electrons. The molecule has 2 heterocycles. The number of halogens is 2. The van der Waals surface area contributed by atoms with Crippen LogP contribution in [0.2, 0.25) is 10.0 Å². The summed E-state index contributed by atoms with van der Waals surface area (Å²) >= 11 is 13.8. The lowest BCUT2D eigenvalue weighted by Crippen LogP contribution is -2.49. The highest BCUT2D eigenvalue weighted by Gasteiger charge is 2.36. The van der Waals surface area contributed by atoms with E-state index in [0.717, 1.165) is 17.5 Å². The first-order chi connectivity index (χ1) is 17.6. The molecule has 0 fully saturated rings. The van der Waals surface area contributed by atoms with Crippen molar-refractivity contribution in [3.63, 3.8) is 0 Å². The van der Waals surface area contributed by atoms with Gasteiger partial charge in [-0.3, -0.25) is 4.79 Å². The summed E-state index contributed by atoms with van der Waals surface area (Å²) in [5.41, 5.74) is 1.95. The monoisotopic (exact) mass is 580 g/mol. The molecule has 0 radical (unpaired) electrons. The van der Waals surface area contributed by atoms with Crippen LogP contribution in [-0.2, 0) is 21.2 Å². The first-order valence-corrected chi connectivity index (χ1v) is 15.2. The van der Waals surface area contributed by atoms with Crippen molar-refractivity contribution >= 4 is 50.5 Å². The van der Waals surface area contributed by atoms with E-state index in [9.17, 15) is 13.2 Å². The highest BCUT2D eigenvalue weighted by molar-refractivity contribution is 7.89. The number of hydrogen-bond donors (Lipinski definition) is 0. The van der Waals surface area contributed by atoms with Crippen LogP contribution in [0.1, 0.15) is 42.3 Å². The second kappa shape index (κ2) is 11.7. The number of hydrogen-bond acceptors (Lipinski definition) is 5. The van der Waals surface area contributed by atoms with Crippen LogP contribution in [0.3, 0.4) is 0 Å². The Bertz CT molecular complexity index is 1360. The van der Waals surface area contributed by atoms with Crippen LogP contribution < -0.4 is 4.74 Å². The molecule has 0 bridgehead atoms. The molecule has 0 spiro atoms. The van der Waals surface area contributed by atoms with Crippen molar-refractivity contribution in [2.24, 2.45) is 0 Å². The van der Waals surface area contributed by atoms with Gasteiger partial charge in [-0.2, -0.15) is 4.31 Å². The molecule has 2 aromatic carbocycles. The Morgan fingerprint density at radius 3 is 2.59 bits per heavy atom. The largest absolute Gasteiger partial charge is 0.491 e. The second-order valence-corrected chi connectivity index (χ2v) is 12.9. The molecule has 0 N–H and O–H groups in total. The van der Waals surface area contributed by atoms with Gasteiger partial charge >= 0.3 is 0 Å². The van der Waals surface area contributed by atoms with E-state index < -0.39 is 10.0 Å². The minimum Gasteiger partial charge on any atom is -0.491 e. The Morgan fingerprint density at radius 1 is 1.19 bits per heavy atom. The molecule has 0 saturated heterocycles. The molecule has 0 aliphatic carbocycles. The van der Waals surface area contributed by atoms with E-state index in [1.54, 1.807) is 34.4 Å². The summed E-state index contributed by atoms with van der Waals surface area (Å²) in [6.45, 7) is 6.13. The third-order valence-electron chi connectivity index (χ3n) is 6.75. The molecule has 10 heteroatoms. The van der Waals surface area contributed by atoms with E-state index in [2.05, 4.69) is 0 Å². The summed E-state index contributed by atoms with van der Waals surface area (Å²) in [4.78, 5) is 16.8. The van der Waals surface area contributed by atoms with Crippen LogP contribution >= 0.6 is 34.5 Å². The van der Waals surface area contributed by atoms with Crippen molar-refractivity contribution in [2.75, 3.05) is 19.7 Å². The molecule has 6 nitrogen and oxygen atoms in total.